The number of hydrogen-bond acceptors (Lipinski definition) is 2. The van der Waals surface area contributed by atoms with Crippen molar-refractivity contribution in [1.82, 2.24) is 0 Å². The van der Waals surface area contributed by atoms with E-state index in [9.17, 15) is 0 Å². The van der Waals surface area contributed by atoms with Crippen LogP contribution in [0, 0.1) is 23.7 Å². The lowest BCUT2D eigenvalue weighted by Crippen LogP contribution is -2.55. The first-order valence-electron chi connectivity index (χ1n) is 19.9. The SMILES string of the molecule is c1ccc(-c2ccc(N(c3ccc(-c4cccc5c4oc4ccccc45)cc3)c3ccc4c(c3)-c3ccccc3C43C4CC5CC(C4)CC3C5)cc2)cc1. The van der Waals surface area contributed by atoms with Gasteiger partial charge >= 0.3 is 0 Å². The Morgan fingerprint density at radius 3 is 1.76 bits per heavy atom. The molecule has 0 amide bonds. The van der Waals surface area contributed by atoms with E-state index in [0.29, 0.717) is 0 Å². The van der Waals surface area contributed by atoms with E-state index >= 15 is 0 Å². The zero-order chi connectivity index (χ0) is 35.4. The average Bonchev–Trinajstić information content (AvgIpc) is 3.75. The summed E-state index contributed by atoms with van der Waals surface area (Å²) in [7, 11) is 0. The number of hydrogen-bond donors (Lipinski definition) is 0. The second kappa shape index (κ2) is 11.6. The molecule has 0 atom stereocenters. The number of furan rings is 1. The third kappa shape index (κ3) is 4.34. The minimum Gasteiger partial charge on any atom is -0.455 e. The summed E-state index contributed by atoms with van der Waals surface area (Å²) in [5.41, 5.74) is 16.3. The van der Waals surface area contributed by atoms with Crippen LogP contribution < -0.4 is 4.90 Å². The topological polar surface area (TPSA) is 16.4 Å². The Bertz CT molecular complexity index is 2690. The Morgan fingerprint density at radius 2 is 1.00 bits per heavy atom. The molecule has 260 valence electrons. The first-order chi connectivity index (χ1) is 26.7. The maximum absolute atomic E-state index is 6.45. The van der Waals surface area contributed by atoms with Crippen LogP contribution in [0.2, 0.25) is 0 Å². The molecule has 5 aliphatic carbocycles. The third-order valence-electron chi connectivity index (χ3n) is 13.9. The Balaban J connectivity index is 0.995. The molecule has 4 saturated carbocycles. The van der Waals surface area contributed by atoms with Crippen molar-refractivity contribution in [2.75, 3.05) is 4.90 Å². The molecule has 4 fully saturated rings. The van der Waals surface area contributed by atoms with Gasteiger partial charge in [0.1, 0.15) is 11.2 Å². The van der Waals surface area contributed by atoms with Gasteiger partial charge in [0.25, 0.3) is 0 Å². The summed E-state index contributed by atoms with van der Waals surface area (Å²) in [5, 5.41) is 2.31. The lowest BCUT2D eigenvalue weighted by atomic mass is 9.43. The highest BCUT2D eigenvalue weighted by Gasteiger charge is 2.61. The first kappa shape index (κ1) is 30.6. The molecule has 7 aromatic carbocycles. The van der Waals surface area contributed by atoms with E-state index in [1.165, 1.54) is 60.0 Å². The molecule has 1 aromatic heterocycles. The Morgan fingerprint density at radius 1 is 0.426 bits per heavy atom. The monoisotopic (exact) mass is 695 g/mol. The highest BCUT2D eigenvalue weighted by Crippen LogP contribution is 2.69. The minimum atomic E-state index is 0.166. The van der Waals surface area contributed by atoms with Gasteiger partial charge in [0.15, 0.2) is 0 Å². The van der Waals surface area contributed by atoms with Crippen LogP contribution in [-0.4, -0.2) is 0 Å². The van der Waals surface area contributed by atoms with E-state index in [0.717, 1.165) is 68.1 Å². The van der Waals surface area contributed by atoms with Gasteiger partial charge in [-0.2, -0.15) is 0 Å². The van der Waals surface area contributed by atoms with Crippen LogP contribution in [-0.2, 0) is 5.41 Å². The van der Waals surface area contributed by atoms with Gasteiger partial charge in [0, 0.05) is 38.8 Å². The van der Waals surface area contributed by atoms with E-state index in [1.807, 2.05) is 6.07 Å². The summed E-state index contributed by atoms with van der Waals surface area (Å²) >= 11 is 0. The standard InChI is InChI=1S/C52H41NO/c1-2-9-35(10-3-1)36-17-21-40(22-18-36)53(41-23-19-37(20-24-41)43-13-8-14-46-45-12-5-7-16-50(45)54-51(43)46)42-25-26-49-47(32-42)44-11-4-6-15-48(44)52(49)38-28-33-27-34(30-38)31-39(52)29-33/h1-26,32-34,38-39H,27-31H2. The van der Waals surface area contributed by atoms with Crippen molar-refractivity contribution in [3.05, 3.63) is 175 Å². The van der Waals surface area contributed by atoms with Crippen LogP contribution in [0.4, 0.5) is 17.1 Å². The van der Waals surface area contributed by atoms with E-state index in [2.05, 4.69) is 163 Å². The fourth-order valence-electron chi connectivity index (χ4n) is 11.9. The summed E-state index contributed by atoms with van der Waals surface area (Å²) in [6.45, 7) is 0. The Kier molecular flexibility index (Phi) is 6.55. The molecule has 1 spiro atoms. The van der Waals surface area contributed by atoms with Gasteiger partial charge in [-0.1, -0.05) is 121 Å². The second-order valence-electron chi connectivity index (χ2n) is 16.5. The molecule has 2 heteroatoms. The number of rotatable bonds is 5. The number of benzene rings is 7. The van der Waals surface area contributed by atoms with Crippen molar-refractivity contribution in [3.63, 3.8) is 0 Å². The molecule has 2 nitrogen and oxygen atoms in total. The molecule has 5 aliphatic rings. The van der Waals surface area contributed by atoms with Gasteiger partial charge in [-0.05, 0) is 137 Å². The second-order valence-corrected chi connectivity index (χ2v) is 16.5. The van der Waals surface area contributed by atoms with Gasteiger partial charge in [0.05, 0.1) is 0 Å². The quantitative estimate of drug-likeness (QED) is 0.178. The molecule has 0 unspecified atom stereocenters. The predicted octanol–water partition coefficient (Wildman–Crippen LogP) is 14.1. The molecule has 13 rings (SSSR count). The molecule has 0 N–H and O–H groups in total. The van der Waals surface area contributed by atoms with Crippen molar-refractivity contribution < 1.29 is 4.42 Å². The van der Waals surface area contributed by atoms with Crippen LogP contribution >= 0.6 is 0 Å². The summed E-state index contributed by atoms with van der Waals surface area (Å²) < 4.78 is 6.45. The normalized spacial score (nSPS) is 23.3. The number of para-hydroxylation sites is 2. The zero-order valence-electron chi connectivity index (χ0n) is 30.3. The van der Waals surface area contributed by atoms with E-state index in [4.69, 9.17) is 4.42 Å². The lowest BCUT2D eigenvalue weighted by molar-refractivity contribution is -0.0399. The van der Waals surface area contributed by atoms with Crippen LogP contribution in [0.1, 0.15) is 43.2 Å². The van der Waals surface area contributed by atoms with Crippen LogP contribution in [0.15, 0.2) is 168 Å². The molecular formula is C52H41NO. The molecule has 8 aromatic rings. The molecule has 1 heterocycles. The van der Waals surface area contributed by atoms with E-state index < -0.39 is 0 Å². The largest absolute Gasteiger partial charge is 0.455 e. The summed E-state index contributed by atoms with van der Waals surface area (Å²) in [5.74, 6) is 3.38. The van der Waals surface area contributed by atoms with Gasteiger partial charge in [-0.15, -0.1) is 0 Å². The highest BCUT2D eigenvalue weighted by molar-refractivity contribution is 6.09. The van der Waals surface area contributed by atoms with Crippen LogP contribution in [0.25, 0.3) is 55.3 Å². The summed E-state index contributed by atoms with van der Waals surface area (Å²) in [6.07, 6.45) is 7.07. The third-order valence-corrected chi connectivity index (χ3v) is 13.9. The molecule has 0 radical (unpaired) electrons. The smallest absolute Gasteiger partial charge is 0.143 e. The van der Waals surface area contributed by atoms with E-state index in [-0.39, 0.29) is 5.41 Å². The van der Waals surface area contributed by atoms with Crippen LogP contribution in [0.5, 0.6) is 0 Å². The van der Waals surface area contributed by atoms with Crippen molar-refractivity contribution >= 4 is 39.0 Å². The maximum atomic E-state index is 6.45. The highest BCUT2D eigenvalue weighted by atomic mass is 16.3. The zero-order valence-corrected chi connectivity index (χ0v) is 30.3. The minimum absolute atomic E-state index is 0.166. The Hall–Kier alpha value is -5.86. The van der Waals surface area contributed by atoms with Gasteiger partial charge in [-0.3, -0.25) is 0 Å². The maximum Gasteiger partial charge on any atom is 0.143 e. The Labute approximate surface area is 316 Å². The van der Waals surface area contributed by atoms with Crippen molar-refractivity contribution in [2.45, 2.75) is 37.5 Å². The molecule has 4 bridgehead atoms. The first-order valence-corrected chi connectivity index (χ1v) is 19.9. The summed E-state index contributed by atoms with van der Waals surface area (Å²) in [6, 6.07) is 60.6. The van der Waals surface area contributed by atoms with E-state index in [1.54, 1.807) is 11.1 Å². The van der Waals surface area contributed by atoms with Crippen molar-refractivity contribution in [2.24, 2.45) is 23.7 Å². The van der Waals surface area contributed by atoms with Crippen LogP contribution in [0.3, 0.4) is 0 Å². The van der Waals surface area contributed by atoms with Gasteiger partial charge in [-0.25, -0.2) is 0 Å². The average molecular weight is 696 g/mol. The predicted molar refractivity (Wildman–Crippen MR) is 223 cm³/mol. The number of fused-ring (bicyclic) bond motifs is 6. The van der Waals surface area contributed by atoms with Crippen molar-refractivity contribution in [1.29, 1.82) is 0 Å². The summed E-state index contributed by atoms with van der Waals surface area (Å²) in [4.78, 5) is 2.45. The molecule has 0 aliphatic heterocycles. The van der Waals surface area contributed by atoms with Gasteiger partial charge in [0.2, 0.25) is 0 Å². The van der Waals surface area contributed by atoms with Crippen molar-refractivity contribution in [3.8, 4) is 33.4 Å². The molecule has 54 heavy (non-hydrogen) atoms. The number of anilines is 3. The lowest BCUT2D eigenvalue weighted by Gasteiger charge is -2.61. The molecular weight excluding hydrogens is 655 g/mol. The molecule has 0 saturated heterocycles. The fraction of sp³-hybridized carbons (Fsp3) is 0.192. The number of nitrogens with zero attached hydrogens (tertiary/aromatic N) is 1. The fourth-order valence-corrected chi connectivity index (χ4v) is 11.9. The van der Waals surface area contributed by atoms with Gasteiger partial charge < -0.3 is 9.32 Å².